The van der Waals surface area contributed by atoms with Crippen LogP contribution in [0.2, 0.25) is 0 Å². The Balaban J connectivity index is 1.35. The van der Waals surface area contributed by atoms with Crippen molar-refractivity contribution in [3.63, 3.8) is 0 Å². The minimum atomic E-state index is -3.09. The van der Waals surface area contributed by atoms with Crippen molar-refractivity contribution >= 4 is 21.6 Å². The first-order valence-corrected chi connectivity index (χ1v) is 13.4. The van der Waals surface area contributed by atoms with Crippen molar-refractivity contribution in [2.75, 3.05) is 23.4 Å². The Labute approximate surface area is 206 Å². The molecule has 1 fully saturated rings. The number of anilines is 1. The van der Waals surface area contributed by atoms with E-state index in [2.05, 4.69) is 10.4 Å². The van der Waals surface area contributed by atoms with E-state index in [-0.39, 0.29) is 35.5 Å². The van der Waals surface area contributed by atoms with E-state index in [9.17, 15) is 13.2 Å². The number of nitrogens with zero attached hydrogens (tertiary/aromatic N) is 2. The average Bonchev–Trinajstić information content (AvgIpc) is 3.40. The zero-order chi connectivity index (χ0) is 25.1. The predicted octanol–water partition coefficient (Wildman–Crippen LogP) is 4.14. The van der Waals surface area contributed by atoms with Gasteiger partial charge in [0.05, 0.1) is 23.2 Å². The summed E-state index contributed by atoms with van der Waals surface area (Å²) in [5, 5.41) is 7.48. The monoisotopic (exact) mass is 497 g/mol. The van der Waals surface area contributed by atoms with Crippen LogP contribution in [0.4, 0.5) is 5.82 Å². The highest BCUT2D eigenvalue weighted by Crippen LogP contribution is 2.31. The number of amides is 1. The van der Waals surface area contributed by atoms with Crippen LogP contribution in [0.3, 0.4) is 0 Å². The van der Waals surface area contributed by atoms with Crippen LogP contribution in [0, 0.1) is 0 Å². The lowest BCUT2D eigenvalue weighted by Gasteiger charge is -2.15. The molecular formula is C26H31N3O5S. The normalized spacial score (nSPS) is 17.2. The molecule has 1 aliphatic heterocycles. The lowest BCUT2D eigenvalue weighted by molar-refractivity contribution is -0.118. The van der Waals surface area contributed by atoms with E-state index in [1.54, 1.807) is 28.9 Å². The van der Waals surface area contributed by atoms with Crippen molar-refractivity contribution in [3.05, 3.63) is 71.9 Å². The summed E-state index contributed by atoms with van der Waals surface area (Å²) in [7, 11) is -3.09. The molecule has 2 aromatic carbocycles. The van der Waals surface area contributed by atoms with E-state index in [0.717, 1.165) is 11.3 Å². The van der Waals surface area contributed by atoms with E-state index in [4.69, 9.17) is 9.47 Å². The van der Waals surface area contributed by atoms with Crippen molar-refractivity contribution in [1.29, 1.82) is 0 Å². The smallest absolute Gasteiger partial charge is 0.263 e. The van der Waals surface area contributed by atoms with Crippen LogP contribution in [0.25, 0.3) is 0 Å². The third-order valence-corrected chi connectivity index (χ3v) is 7.52. The fourth-order valence-electron chi connectivity index (χ4n) is 3.80. The zero-order valence-electron chi connectivity index (χ0n) is 20.2. The molecule has 8 nitrogen and oxygen atoms in total. The van der Waals surface area contributed by atoms with Gasteiger partial charge in [-0.05, 0) is 36.2 Å². The van der Waals surface area contributed by atoms with Gasteiger partial charge in [0.25, 0.3) is 5.91 Å². The second kappa shape index (κ2) is 10.1. The Bertz CT molecular complexity index is 1260. The summed E-state index contributed by atoms with van der Waals surface area (Å²) in [4.78, 5) is 12.6. The van der Waals surface area contributed by atoms with Crippen LogP contribution in [-0.4, -0.2) is 42.2 Å². The van der Waals surface area contributed by atoms with Crippen LogP contribution in [-0.2, 0) is 26.7 Å². The molecule has 1 aromatic heterocycles. The average molecular weight is 498 g/mol. The molecule has 0 spiro atoms. The second-order valence-corrected chi connectivity index (χ2v) is 12.0. The van der Waals surface area contributed by atoms with Gasteiger partial charge >= 0.3 is 0 Å². The number of hydrogen-bond acceptors (Lipinski definition) is 6. The third kappa shape index (κ3) is 6.63. The summed E-state index contributed by atoms with van der Waals surface area (Å²) in [6.45, 7) is 6.34. The molecule has 2 heterocycles. The molecule has 0 aliphatic carbocycles. The van der Waals surface area contributed by atoms with Gasteiger partial charge in [0.15, 0.2) is 16.4 Å². The van der Waals surface area contributed by atoms with Gasteiger partial charge in [0, 0.05) is 11.5 Å². The van der Waals surface area contributed by atoms with Crippen molar-refractivity contribution in [3.8, 4) is 11.5 Å². The maximum absolute atomic E-state index is 12.6. The molecule has 9 heteroatoms. The first-order valence-electron chi connectivity index (χ1n) is 11.6. The summed E-state index contributed by atoms with van der Waals surface area (Å²) < 4.78 is 37.0. The highest BCUT2D eigenvalue weighted by atomic mass is 32.2. The highest BCUT2D eigenvalue weighted by molar-refractivity contribution is 7.91. The molecule has 1 saturated heterocycles. The van der Waals surface area contributed by atoms with Crippen molar-refractivity contribution < 1.29 is 22.7 Å². The molecule has 1 unspecified atom stereocenters. The number of hydrogen-bond donors (Lipinski definition) is 1. The Morgan fingerprint density at radius 2 is 1.71 bits per heavy atom. The maximum Gasteiger partial charge on any atom is 0.263 e. The number of sulfone groups is 1. The van der Waals surface area contributed by atoms with Crippen LogP contribution in [0.1, 0.15) is 44.5 Å². The first kappa shape index (κ1) is 24.8. The zero-order valence-corrected chi connectivity index (χ0v) is 21.0. The molecule has 3 aromatic rings. The molecule has 4 rings (SSSR count). The second-order valence-electron chi connectivity index (χ2n) is 9.75. The van der Waals surface area contributed by atoms with E-state index in [0.29, 0.717) is 30.3 Å². The first-order chi connectivity index (χ1) is 16.6. The molecular weight excluding hydrogens is 466 g/mol. The number of nitrogens with one attached hydrogen (secondary N) is 1. The predicted molar refractivity (Wildman–Crippen MR) is 135 cm³/mol. The van der Waals surface area contributed by atoms with Gasteiger partial charge in [-0.1, -0.05) is 51.1 Å². The number of rotatable bonds is 8. The van der Waals surface area contributed by atoms with E-state index >= 15 is 0 Å². The Hall–Kier alpha value is -3.33. The Morgan fingerprint density at radius 3 is 2.31 bits per heavy atom. The molecule has 0 radical (unpaired) electrons. The molecule has 1 amide bonds. The van der Waals surface area contributed by atoms with Gasteiger partial charge in [-0.2, -0.15) is 5.10 Å². The number of aromatic nitrogens is 2. The van der Waals surface area contributed by atoms with Gasteiger partial charge in [0.1, 0.15) is 23.9 Å². The van der Waals surface area contributed by atoms with Crippen molar-refractivity contribution in [2.24, 2.45) is 0 Å². The third-order valence-electron chi connectivity index (χ3n) is 5.77. The fourth-order valence-corrected chi connectivity index (χ4v) is 5.49. The lowest BCUT2D eigenvalue weighted by atomic mass is 9.92. The van der Waals surface area contributed by atoms with Crippen molar-refractivity contribution in [1.82, 2.24) is 9.78 Å². The van der Waals surface area contributed by atoms with Gasteiger partial charge < -0.3 is 14.8 Å². The Kier molecular flexibility index (Phi) is 7.16. The molecule has 0 bridgehead atoms. The molecule has 1 atom stereocenters. The number of ether oxygens (including phenoxy) is 2. The quantitative estimate of drug-likeness (QED) is 0.502. The standard InChI is InChI=1S/C26H31N3O5S/c1-26(2,3)23-15-24(29(28-23)20-13-14-35(31,32)18-20)27-25(30)17-34-22-11-9-21(10-12-22)33-16-19-7-5-4-6-8-19/h4-12,15,20H,13-14,16-18H2,1-3H3,(H,27,30). The summed E-state index contributed by atoms with van der Waals surface area (Å²) in [5.74, 6) is 1.53. The summed E-state index contributed by atoms with van der Waals surface area (Å²) in [6, 6.07) is 18.5. The highest BCUT2D eigenvalue weighted by Gasteiger charge is 2.32. The number of carbonyl (C=O) groups excluding carboxylic acids is 1. The summed E-state index contributed by atoms with van der Waals surface area (Å²) in [6.07, 6.45) is 0.478. The van der Waals surface area contributed by atoms with E-state index in [1.807, 2.05) is 57.2 Å². The minimum absolute atomic E-state index is 0.0241. The number of benzene rings is 2. The minimum Gasteiger partial charge on any atom is -0.489 e. The lowest BCUT2D eigenvalue weighted by Crippen LogP contribution is -2.24. The molecule has 0 saturated carbocycles. The van der Waals surface area contributed by atoms with Crippen LogP contribution in [0.5, 0.6) is 11.5 Å². The largest absolute Gasteiger partial charge is 0.489 e. The maximum atomic E-state index is 12.6. The molecule has 1 N–H and O–H groups in total. The fraction of sp³-hybridized carbons (Fsp3) is 0.385. The van der Waals surface area contributed by atoms with E-state index in [1.165, 1.54) is 0 Å². The molecule has 35 heavy (non-hydrogen) atoms. The van der Waals surface area contributed by atoms with E-state index < -0.39 is 9.84 Å². The van der Waals surface area contributed by atoms with Crippen LogP contribution < -0.4 is 14.8 Å². The Morgan fingerprint density at radius 1 is 1.06 bits per heavy atom. The van der Waals surface area contributed by atoms with Gasteiger partial charge in [-0.25, -0.2) is 13.1 Å². The molecule has 186 valence electrons. The summed E-state index contributed by atoms with van der Waals surface area (Å²) in [5.41, 5.74) is 1.61. The van der Waals surface area contributed by atoms with Gasteiger partial charge in [-0.15, -0.1) is 0 Å². The van der Waals surface area contributed by atoms with Crippen LogP contribution in [0.15, 0.2) is 60.7 Å². The van der Waals surface area contributed by atoms with Crippen LogP contribution >= 0.6 is 0 Å². The van der Waals surface area contributed by atoms with Gasteiger partial charge in [-0.3, -0.25) is 4.79 Å². The number of carbonyl (C=O) groups is 1. The van der Waals surface area contributed by atoms with Gasteiger partial charge in [0.2, 0.25) is 0 Å². The SMILES string of the molecule is CC(C)(C)c1cc(NC(=O)COc2ccc(OCc3ccccc3)cc2)n(C2CCS(=O)(=O)C2)n1. The topological polar surface area (TPSA) is 99.5 Å². The summed E-state index contributed by atoms with van der Waals surface area (Å²) >= 11 is 0. The van der Waals surface area contributed by atoms with Crippen molar-refractivity contribution in [2.45, 2.75) is 45.3 Å². The molecule has 1 aliphatic rings.